The van der Waals surface area contributed by atoms with E-state index in [0.717, 1.165) is 23.7 Å². The Hall–Kier alpha value is -1.79. The number of hydrogen-bond donors (Lipinski definition) is 1. The topological polar surface area (TPSA) is 56.6 Å². The molecule has 1 aromatic carbocycles. The number of nitrogens with zero attached hydrogens (tertiary/aromatic N) is 1. The molecule has 0 atom stereocenters. The van der Waals surface area contributed by atoms with Crippen LogP contribution in [0.15, 0.2) is 24.4 Å². The highest BCUT2D eigenvalue weighted by molar-refractivity contribution is 6.17. The Kier molecular flexibility index (Phi) is 4.01. The summed E-state index contributed by atoms with van der Waals surface area (Å²) in [6, 6.07) is 7.39. The lowest BCUT2D eigenvalue weighted by atomic mass is 10.0. The van der Waals surface area contributed by atoms with Gasteiger partial charge < -0.3 is 4.98 Å². The Morgan fingerprint density at radius 2 is 2.22 bits per heavy atom. The van der Waals surface area contributed by atoms with Crippen molar-refractivity contribution in [1.29, 1.82) is 5.26 Å². The van der Waals surface area contributed by atoms with Gasteiger partial charge in [0, 0.05) is 35.0 Å². The fraction of sp³-hybridized carbons (Fsp3) is 0.286. The monoisotopic (exact) mass is 260 g/mol. The third-order valence-electron chi connectivity index (χ3n) is 2.90. The molecule has 92 valence electrons. The van der Waals surface area contributed by atoms with Gasteiger partial charge in [-0.1, -0.05) is 0 Å². The zero-order valence-electron chi connectivity index (χ0n) is 9.87. The van der Waals surface area contributed by atoms with E-state index < -0.39 is 0 Å². The highest BCUT2D eigenvalue weighted by Crippen LogP contribution is 2.21. The van der Waals surface area contributed by atoms with Gasteiger partial charge in [0.2, 0.25) is 0 Å². The molecule has 0 unspecified atom stereocenters. The summed E-state index contributed by atoms with van der Waals surface area (Å²) >= 11 is 5.59. The van der Waals surface area contributed by atoms with Crippen molar-refractivity contribution in [3.8, 4) is 6.07 Å². The zero-order valence-corrected chi connectivity index (χ0v) is 10.6. The first-order chi connectivity index (χ1) is 8.76. The number of halogens is 1. The van der Waals surface area contributed by atoms with Crippen LogP contribution in [0.3, 0.4) is 0 Å². The fourth-order valence-electron chi connectivity index (χ4n) is 1.94. The summed E-state index contributed by atoms with van der Waals surface area (Å²) in [6.45, 7) is 0. The highest BCUT2D eigenvalue weighted by Gasteiger charge is 2.12. The van der Waals surface area contributed by atoms with Crippen molar-refractivity contribution in [2.24, 2.45) is 0 Å². The number of ketones is 1. The zero-order chi connectivity index (χ0) is 13.0. The van der Waals surface area contributed by atoms with Gasteiger partial charge in [0.15, 0.2) is 5.78 Å². The molecule has 18 heavy (non-hydrogen) atoms. The molecule has 2 rings (SSSR count). The Balaban J connectivity index is 2.28. The van der Waals surface area contributed by atoms with Crippen molar-refractivity contribution < 1.29 is 4.79 Å². The molecule has 2 aromatic rings. The number of nitriles is 1. The molecule has 0 saturated carbocycles. The Labute approximate surface area is 110 Å². The number of unbranched alkanes of at least 4 members (excludes halogenated alkanes) is 1. The smallest absolute Gasteiger partial charge is 0.165 e. The molecule has 0 saturated heterocycles. The molecule has 0 aliphatic rings. The normalized spacial score (nSPS) is 10.4. The number of nitrogens with one attached hydrogen (secondary N) is 1. The molecule has 0 fully saturated rings. The van der Waals surface area contributed by atoms with Crippen LogP contribution in [0.4, 0.5) is 0 Å². The number of hydrogen-bond acceptors (Lipinski definition) is 2. The van der Waals surface area contributed by atoms with E-state index in [2.05, 4.69) is 11.1 Å². The summed E-state index contributed by atoms with van der Waals surface area (Å²) in [5.41, 5.74) is 2.11. The first kappa shape index (κ1) is 12.7. The number of Topliss-reactive ketones (excluding diaryl/α,β-unsaturated/α-hetero) is 1. The van der Waals surface area contributed by atoms with Crippen LogP contribution >= 0.6 is 11.6 Å². The Morgan fingerprint density at radius 3 is 2.94 bits per heavy atom. The van der Waals surface area contributed by atoms with E-state index >= 15 is 0 Å². The average Bonchev–Trinajstić information content (AvgIpc) is 2.81. The predicted molar refractivity (Wildman–Crippen MR) is 71.9 cm³/mol. The van der Waals surface area contributed by atoms with Gasteiger partial charge in [0.1, 0.15) is 0 Å². The van der Waals surface area contributed by atoms with E-state index in [-0.39, 0.29) is 5.78 Å². The number of rotatable bonds is 5. The van der Waals surface area contributed by atoms with Crippen LogP contribution in [-0.4, -0.2) is 16.6 Å². The van der Waals surface area contributed by atoms with Gasteiger partial charge in [0.25, 0.3) is 0 Å². The first-order valence-electron chi connectivity index (χ1n) is 5.86. The van der Waals surface area contributed by atoms with Gasteiger partial charge in [0.05, 0.1) is 11.6 Å². The molecule has 0 aliphatic carbocycles. The van der Waals surface area contributed by atoms with Gasteiger partial charge in [-0.25, -0.2) is 0 Å². The maximum atomic E-state index is 12.0. The van der Waals surface area contributed by atoms with Crippen LogP contribution in [0.5, 0.6) is 0 Å². The van der Waals surface area contributed by atoms with Crippen molar-refractivity contribution in [3.63, 3.8) is 0 Å². The SMILES string of the molecule is N#Cc1ccc2[nH]cc(C(=O)CCCCCl)c2c1. The van der Waals surface area contributed by atoms with E-state index in [9.17, 15) is 4.79 Å². The minimum atomic E-state index is 0.0986. The third-order valence-corrected chi connectivity index (χ3v) is 3.17. The lowest BCUT2D eigenvalue weighted by molar-refractivity contribution is 0.0981. The van der Waals surface area contributed by atoms with Gasteiger partial charge >= 0.3 is 0 Å². The van der Waals surface area contributed by atoms with Crippen LogP contribution in [-0.2, 0) is 0 Å². The molecule has 1 N–H and O–H groups in total. The van der Waals surface area contributed by atoms with E-state index in [4.69, 9.17) is 16.9 Å². The molecule has 0 spiro atoms. The van der Waals surface area contributed by atoms with E-state index in [0.29, 0.717) is 23.4 Å². The van der Waals surface area contributed by atoms with E-state index in [1.165, 1.54) is 0 Å². The van der Waals surface area contributed by atoms with Crippen LogP contribution in [0.2, 0.25) is 0 Å². The number of carbonyl (C=O) groups is 1. The largest absolute Gasteiger partial charge is 0.360 e. The van der Waals surface area contributed by atoms with Crippen LogP contribution in [0.1, 0.15) is 35.2 Å². The molecule has 0 aliphatic heterocycles. The first-order valence-corrected chi connectivity index (χ1v) is 6.40. The second-order valence-electron chi connectivity index (χ2n) is 4.14. The number of aromatic amines is 1. The minimum absolute atomic E-state index is 0.0986. The second kappa shape index (κ2) is 5.70. The van der Waals surface area contributed by atoms with Gasteiger partial charge in [-0.2, -0.15) is 5.26 Å². The quantitative estimate of drug-likeness (QED) is 0.507. The van der Waals surface area contributed by atoms with Crippen molar-refractivity contribution in [2.45, 2.75) is 19.3 Å². The van der Waals surface area contributed by atoms with Crippen molar-refractivity contribution in [3.05, 3.63) is 35.5 Å². The maximum Gasteiger partial charge on any atom is 0.165 e. The minimum Gasteiger partial charge on any atom is -0.360 e. The lowest BCUT2D eigenvalue weighted by Crippen LogP contribution is -1.98. The molecule has 0 bridgehead atoms. The van der Waals surface area contributed by atoms with Crippen LogP contribution in [0, 0.1) is 11.3 Å². The Morgan fingerprint density at radius 1 is 1.39 bits per heavy atom. The fourth-order valence-corrected chi connectivity index (χ4v) is 2.12. The maximum absolute atomic E-state index is 12.0. The van der Waals surface area contributed by atoms with Crippen molar-refractivity contribution >= 4 is 28.3 Å². The number of carbonyl (C=O) groups excluding carboxylic acids is 1. The molecule has 0 radical (unpaired) electrons. The molecular formula is C14H13ClN2O. The number of alkyl halides is 1. The summed E-state index contributed by atoms with van der Waals surface area (Å²) in [4.78, 5) is 15.1. The van der Waals surface area contributed by atoms with Crippen molar-refractivity contribution in [1.82, 2.24) is 4.98 Å². The van der Waals surface area contributed by atoms with Gasteiger partial charge in [-0.15, -0.1) is 11.6 Å². The van der Waals surface area contributed by atoms with E-state index in [1.54, 1.807) is 18.3 Å². The number of H-pyrrole nitrogens is 1. The Bertz CT molecular complexity index is 610. The van der Waals surface area contributed by atoms with Crippen LogP contribution in [0.25, 0.3) is 10.9 Å². The molecule has 3 nitrogen and oxygen atoms in total. The average molecular weight is 261 g/mol. The predicted octanol–water partition coefficient (Wildman–Crippen LogP) is 3.63. The summed E-state index contributed by atoms with van der Waals surface area (Å²) in [7, 11) is 0. The summed E-state index contributed by atoms with van der Waals surface area (Å²) < 4.78 is 0. The molecular weight excluding hydrogens is 248 g/mol. The van der Waals surface area contributed by atoms with Gasteiger partial charge in [-0.3, -0.25) is 4.79 Å². The third kappa shape index (κ3) is 2.55. The van der Waals surface area contributed by atoms with Crippen LogP contribution < -0.4 is 0 Å². The lowest BCUT2D eigenvalue weighted by Gasteiger charge is -1.99. The second-order valence-corrected chi connectivity index (χ2v) is 4.52. The molecule has 4 heteroatoms. The van der Waals surface area contributed by atoms with E-state index in [1.807, 2.05) is 6.07 Å². The highest BCUT2D eigenvalue weighted by atomic mass is 35.5. The molecule has 1 heterocycles. The standard InChI is InChI=1S/C14H13ClN2O/c15-6-2-1-3-14(18)12-9-17-13-5-4-10(8-16)7-11(12)13/h4-5,7,9,17H,1-3,6H2. The summed E-state index contributed by atoms with van der Waals surface area (Å²) in [6.07, 6.45) is 3.86. The van der Waals surface area contributed by atoms with Crippen molar-refractivity contribution in [2.75, 3.05) is 5.88 Å². The molecule has 1 aromatic heterocycles. The number of aromatic nitrogens is 1. The number of fused-ring (bicyclic) bond motifs is 1. The summed E-state index contributed by atoms with van der Waals surface area (Å²) in [5, 5.41) is 9.70. The molecule has 0 amide bonds. The number of benzene rings is 1. The summed E-state index contributed by atoms with van der Waals surface area (Å²) in [5.74, 6) is 0.682. The van der Waals surface area contributed by atoms with Gasteiger partial charge in [-0.05, 0) is 31.0 Å².